The predicted octanol–water partition coefficient (Wildman–Crippen LogP) is 1.89. The number of hydrogen-bond donors (Lipinski definition) is 2. The summed E-state index contributed by atoms with van der Waals surface area (Å²) in [7, 11) is 1.00. The quantitative estimate of drug-likeness (QED) is 0.698. The first kappa shape index (κ1) is 15.0. The van der Waals surface area contributed by atoms with E-state index in [0.717, 1.165) is 7.11 Å². The average molecular weight is 227 g/mol. The zero-order valence-corrected chi connectivity index (χ0v) is 11.5. The van der Waals surface area contributed by atoms with Crippen molar-refractivity contribution in [3.05, 3.63) is 18.0 Å². The van der Waals surface area contributed by atoms with Gasteiger partial charge < -0.3 is 14.2 Å². The number of aliphatic hydroxyl groups excluding tert-OH is 1. The molecule has 1 aromatic rings. The lowest BCUT2D eigenvalue weighted by atomic mass is 10.1. The molecule has 0 aromatic carbocycles. The smallest absolute Gasteiger partial charge is 0.203 e. The van der Waals surface area contributed by atoms with Gasteiger partial charge in [-0.25, -0.2) is 0 Å². The van der Waals surface area contributed by atoms with E-state index in [1.54, 1.807) is 0 Å². The fourth-order valence-electron chi connectivity index (χ4n) is 1.47. The zero-order chi connectivity index (χ0) is 13.1. The van der Waals surface area contributed by atoms with Gasteiger partial charge in [0.15, 0.2) is 0 Å². The molecular formula is C12H25N3O. The number of hydrogen-bond acceptors (Lipinski definition) is 2. The van der Waals surface area contributed by atoms with Crippen LogP contribution in [-0.2, 0) is 11.1 Å². The Morgan fingerprint density at radius 2 is 1.12 bits per heavy atom. The van der Waals surface area contributed by atoms with Gasteiger partial charge in [-0.1, -0.05) is 0 Å². The molecule has 0 unspecified atom stereocenters. The van der Waals surface area contributed by atoms with Crippen LogP contribution in [0.2, 0.25) is 0 Å². The van der Waals surface area contributed by atoms with E-state index < -0.39 is 0 Å². The standard InChI is InChI=1S/C11H21N3.CH4O/c1-10(2,3)13-7-8-14(9(13)12)11(4,5)6;1-2/h7-8,12H,1-6H3;2H,1H3. The Morgan fingerprint density at radius 3 is 1.25 bits per heavy atom. The molecule has 0 bridgehead atoms. The van der Waals surface area contributed by atoms with Crippen LogP contribution in [0.1, 0.15) is 41.5 Å². The second-order valence-electron chi connectivity index (χ2n) is 5.70. The molecule has 0 atom stereocenters. The van der Waals surface area contributed by atoms with Crippen LogP contribution >= 0.6 is 0 Å². The first-order chi connectivity index (χ1) is 7.14. The van der Waals surface area contributed by atoms with Crippen molar-refractivity contribution in [3.63, 3.8) is 0 Å². The van der Waals surface area contributed by atoms with E-state index in [2.05, 4.69) is 41.5 Å². The van der Waals surface area contributed by atoms with Crippen molar-refractivity contribution in [3.8, 4) is 0 Å². The summed E-state index contributed by atoms with van der Waals surface area (Å²) in [5.41, 5.74) is 0.520. The largest absolute Gasteiger partial charge is 0.400 e. The van der Waals surface area contributed by atoms with Gasteiger partial charge in [-0.2, -0.15) is 0 Å². The summed E-state index contributed by atoms with van der Waals surface area (Å²) >= 11 is 0. The monoisotopic (exact) mass is 227 g/mol. The lowest BCUT2D eigenvalue weighted by Gasteiger charge is -2.24. The minimum Gasteiger partial charge on any atom is -0.400 e. The zero-order valence-electron chi connectivity index (χ0n) is 11.5. The number of aromatic nitrogens is 2. The fourth-order valence-corrected chi connectivity index (χ4v) is 1.47. The summed E-state index contributed by atoms with van der Waals surface area (Å²) < 4.78 is 3.97. The number of nitrogens with zero attached hydrogens (tertiary/aromatic N) is 2. The SMILES string of the molecule is CC(C)(C)n1ccn(C(C)(C)C)c1=N.CO. The van der Waals surface area contributed by atoms with Gasteiger partial charge in [0.1, 0.15) is 0 Å². The Bertz CT molecular complexity index is 340. The average Bonchev–Trinajstić information content (AvgIpc) is 2.48. The Balaban J connectivity index is 0.00000106. The van der Waals surface area contributed by atoms with Crippen molar-refractivity contribution >= 4 is 0 Å². The highest BCUT2D eigenvalue weighted by molar-refractivity contribution is 4.90. The van der Waals surface area contributed by atoms with Crippen molar-refractivity contribution in [2.24, 2.45) is 0 Å². The van der Waals surface area contributed by atoms with Crippen molar-refractivity contribution in [1.29, 1.82) is 5.41 Å². The van der Waals surface area contributed by atoms with Gasteiger partial charge in [0.25, 0.3) is 0 Å². The molecule has 0 spiro atoms. The summed E-state index contributed by atoms with van der Waals surface area (Å²) in [6, 6.07) is 0. The molecule has 16 heavy (non-hydrogen) atoms. The van der Waals surface area contributed by atoms with Crippen LogP contribution in [0.15, 0.2) is 12.4 Å². The molecule has 0 saturated carbocycles. The molecule has 1 rings (SSSR count). The molecule has 0 saturated heterocycles. The highest BCUT2D eigenvalue weighted by Crippen LogP contribution is 2.14. The predicted molar refractivity (Wildman–Crippen MR) is 66.4 cm³/mol. The minimum atomic E-state index is -0.0203. The Kier molecular flexibility index (Phi) is 4.56. The highest BCUT2D eigenvalue weighted by atomic mass is 16.2. The third-order valence-corrected chi connectivity index (χ3v) is 2.27. The van der Waals surface area contributed by atoms with Gasteiger partial charge in [-0.15, -0.1) is 0 Å². The van der Waals surface area contributed by atoms with Crippen LogP contribution in [0, 0.1) is 5.41 Å². The second kappa shape index (κ2) is 4.87. The van der Waals surface area contributed by atoms with Crippen molar-refractivity contribution in [1.82, 2.24) is 9.13 Å². The van der Waals surface area contributed by atoms with E-state index in [9.17, 15) is 0 Å². The maximum Gasteiger partial charge on any atom is 0.203 e. The number of aliphatic hydroxyl groups is 1. The molecule has 1 aromatic heterocycles. The van der Waals surface area contributed by atoms with Crippen LogP contribution in [0.5, 0.6) is 0 Å². The topological polar surface area (TPSA) is 53.9 Å². The van der Waals surface area contributed by atoms with Gasteiger partial charge in [0, 0.05) is 30.6 Å². The summed E-state index contributed by atoms with van der Waals surface area (Å²) in [5, 5.41) is 15.1. The molecule has 94 valence electrons. The molecule has 1 heterocycles. The van der Waals surface area contributed by atoms with Gasteiger partial charge in [0.05, 0.1) is 0 Å². The summed E-state index contributed by atoms with van der Waals surface area (Å²) in [6.45, 7) is 12.7. The van der Waals surface area contributed by atoms with Crippen LogP contribution in [0.25, 0.3) is 0 Å². The molecule has 0 aliphatic heterocycles. The Hall–Kier alpha value is -1.03. The molecule has 4 heteroatoms. The maximum absolute atomic E-state index is 8.06. The van der Waals surface area contributed by atoms with E-state index in [0.29, 0.717) is 5.62 Å². The van der Waals surface area contributed by atoms with Gasteiger partial charge >= 0.3 is 0 Å². The molecule has 0 amide bonds. The van der Waals surface area contributed by atoms with E-state index in [-0.39, 0.29) is 11.1 Å². The normalized spacial score (nSPS) is 12.0. The molecule has 0 fully saturated rings. The lowest BCUT2D eigenvalue weighted by Crippen LogP contribution is -2.39. The molecular weight excluding hydrogens is 202 g/mol. The summed E-state index contributed by atoms with van der Waals surface area (Å²) in [6.07, 6.45) is 3.96. The van der Waals surface area contributed by atoms with Crippen molar-refractivity contribution in [2.75, 3.05) is 7.11 Å². The van der Waals surface area contributed by atoms with Crippen LogP contribution in [0.4, 0.5) is 0 Å². The third kappa shape index (κ3) is 3.23. The van der Waals surface area contributed by atoms with E-state index in [4.69, 9.17) is 10.5 Å². The first-order valence-electron chi connectivity index (χ1n) is 5.44. The summed E-state index contributed by atoms with van der Waals surface area (Å²) in [4.78, 5) is 0. The van der Waals surface area contributed by atoms with E-state index in [1.165, 1.54) is 0 Å². The second-order valence-corrected chi connectivity index (χ2v) is 5.70. The van der Waals surface area contributed by atoms with Crippen LogP contribution in [0.3, 0.4) is 0 Å². The lowest BCUT2D eigenvalue weighted by molar-refractivity contribution is 0.332. The van der Waals surface area contributed by atoms with Gasteiger partial charge in [0.2, 0.25) is 5.62 Å². The molecule has 0 aliphatic carbocycles. The van der Waals surface area contributed by atoms with E-state index in [1.807, 2.05) is 21.5 Å². The Morgan fingerprint density at radius 1 is 0.875 bits per heavy atom. The minimum absolute atomic E-state index is 0.0203. The number of nitrogens with one attached hydrogen (secondary N) is 1. The Labute approximate surface area is 98.1 Å². The third-order valence-electron chi connectivity index (χ3n) is 2.27. The maximum atomic E-state index is 8.06. The number of imidazole rings is 1. The molecule has 4 nitrogen and oxygen atoms in total. The van der Waals surface area contributed by atoms with Crippen molar-refractivity contribution in [2.45, 2.75) is 52.6 Å². The summed E-state index contributed by atoms with van der Waals surface area (Å²) in [5.74, 6) is 0. The highest BCUT2D eigenvalue weighted by Gasteiger charge is 2.19. The molecule has 2 N–H and O–H groups in total. The van der Waals surface area contributed by atoms with Crippen LogP contribution in [-0.4, -0.2) is 21.4 Å². The number of rotatable bonds is 0. The molecule has 0 aliphatic rings. The molecule has 0 radical (unpaired) electrons. The van der Waals surface area contributed by atoms with Crippen LogP contribution < -0.4 is 5.62 Å². The fraction of sp³-hybridized carbons (Fsp3) is 0.750. The first-order valence-corrected chi connectivity index (χ1v) is 5.44. The van der Waals surface area contributed by atoms with Gasteiger partial charge in [-0.05, 0) is 41.5 Å². The van der Waals surface area contributed by atoms with Crippen molar-refractivity contribution < 1.29 is 5.11 Å². The van der Waals surface area contributed by atoms with E-state index >= 15 is 0 Å². The van der Waals surface area contributed by atoms with Gasteiger partial charge in [-0.3, -0.25) is 5.41 Å².